The van der Waals surface area contributed by atoms with Crippen molar-refractivity contribution in [2.45, 2.75) is 17.9 Å². The van der Waals surface area contributed by atoms with Gasteiger partial charge in [-0.05, 0) is 24.1 Å². The molecule has 0 spiro atoms. The van der Waals surface area contributed by atoms with Crippen LogP contribution in [0.15, 0.2) is 59.5 Å². The molecule has 0 aromatic heterocycles. The van der Waals surface area contributed by atoms with E-state index >= 15 is 0 Å². The normalized spacial score (nSPS) is 16.3. The molecule has 0 atom stereocenters. The number of carbonyl (C=O) groups excluding carboxylic acids is 1. The highest BCUT2D eigenvalue weighted by Gasteiger charge is 2.24. The highest BCUT2D eigenvalue weighted by molar-refractivity contribution is 7.90. The van der Waals surface area contributed by atoms with Gasteiger partial charge in [0.1, 0.15) is 0 Å². The van der Waals surface area contributed by atoms with Crippen molar-refractivity contribution in [2.75, 3.05) is 32.4 Å². The molecule has 1 fully saturated rings. The Morgan fingerprint density at radius 2 is 1.62 bits per heavy atom. The Kier molecular flexibility index (Phi) is 5.74. The molecule has 2 aromatic rings. The van der Waals surface area contributed by atoms with Gasteiger partial charge >= 0.3 is 0 Å². The lowest BCUT2D eigenvalue weighted by Gasteiger charge is -2.23. The zero-order chi connectivity index (χ0) is 18.6. The molecule has 1 heterocycles. The fourth-order valence-corrected chi connectivity index (χ4v) is 4.19. The number of amides is 1. The molecule has 0 aliphatic carbocycles. The van der Waals surface area contributed by atoms with E-state index in [1.54, 1.807) is 23.1 Å². The Hall–Kier alpha value is -2.18. The predicted molar refractivity (Wildman–Crippen MR) is 102 cm³/mol. The lowest BCUT2D eigenvalue weighted by atomic mass is 10.2. The number of carbonyl (C=O) groups is 1. The molecule has 0 bridgehead atoms. The van der Waals surface area contributed by atoms with Gasteiger partial charge in [0, 0.05) is 39.0 Å². The highest BCUT2D eigenvalue weighted by atomic mass is 32.2. The first-order valence-corrected chi connectivity index (χ1v) is 10.7. The Balaban J connectivity index is 1.71. The maximum absolute atomic E-state index is 12.9. The molecule has 26 heavy (non-hydrogen) atoms. The van der Waals surface area contributed by atoms with Crippen molar-refractivity contribution >= 4 is 15.7 Å². The second kappa shape index (κ2) is 8.01. The lowest BCUT2D eigenvalue weighted by molar-refractivity contribution is 0.0757. The van der Waals surface area contributed by atoms with Crippen molar-refractivity contribution < 1.29 is 13.2 Å². The summed E-state index contributed by atoms with van der Waals surface area (Å²) in [6.45, 7) is 3.81. The van der Waals surface area contributed by atoms with Gasteiger partial charge in [0.25, 0.3) is 5.91 Å². The quantitative estimate of drug-likeness (QED) is 0.827. The largest absolute Gasteiger partial charge is 0.337 e. The van der Waals surface area contributed by atoms with Crippen molar-refractivity contribution in [1.82, 2.24) is 9.80 Å². The Morgan fingerprint density at radius 3 is 2.35 bits per heavy atom. The minimum absolute atomic E-state index is 0.107. The number of hydrogen-bond acceptors (Lipinski definition) is 4. The second-order valence-electron chi connectivity index (χ2n) is 6.68. The third-order valence-corrected chi connectivity index (χ3v) is 5.80. The first-order chi connectivity index (χ1) is 12.4. The molecule has 1 saturated heterocycles. The van der Waals surface area contributed by atoms with Crippen molar-refractivity contribution in [2.24, 2.45) is 0 Å². The SMILES string of the molecule is CS(=O)(=O)c1ccccc1C(=O)N1CCCN(Cc2ccccc2)CC1. The molecule has 3 rings (SSSR count). The highest BCUT2D eigenvalue weighted by Crippen LogP contribution is 2.19. The third-order valence-electron chi connectivity index (χ3n) is 4.64. The van der Waals surface area contributed by atoms with Crippen LogP contribution in [0.5, 0.6) is 0 Å². The zero-order valence-electron chi connectivity index (χ0n) is 15.0. The first-order valence-electron chi connectivity index (χ1n) is 8.80. The summed E-state index contributed by atoms with van der Waals surface area (Å²) in [6, 6.07) is 16.8. The Morgan fingerprint density at radius 1 is 0.923 bits per heavy atom. The molecule has 2 aromatic carbocycles. The van der Waals surface area contributed by atoms with Gasteiger partial charge in [0.15, 0.2) is 9.84 Å². The molecule has 1 aliphatic heterocycles. The molecule has 0 N–H and O–H groups in total. The van der Waals surface area contributed by atoms with Crippen molar-refractivity contribution in [3.05, 3.63) is 65.7 Å². The fourth-order valence-electron chi connectivity index (χ4n) is 3.31. The van der Waals surface area contributed by atoms with E-state index in [4.69, 9.17) is 0 Å². The van der Waals surface area contributed by atoms with Crippen LogP contribution in [-0.4, -0.2) is 56.6 Å². The molecule has 1 aliphatic rings. The average Bonchev–Trinajstić information content (AvgIpc) is 2.87. The summed E-state index contributed by atoms with van der Waals surface area (Å²) in [7, 11) is -3.44. The van der Waals surface area contributed by atoms with E-state index in [-0.39, 0.29) is 16.4 Å². The molecule has 6 heteroatoms. The molecule has 0 radical (unpaired) electrons. The van der Waals surface area contributed by atoms with Gasteiger partial charge in [-0.1, -0.05) is 42.5 Å². The summed E-state index contributed by atoms with van der Waals surface area (Å²) in [5.74, 6) is -0.201. The van der Waals surface area contributed by atoms with Gasteiger partial charge in [0.05, 0.1) is 10.5 Å². The van der Waals surface area contributed by atoms with E-state index in [2.05, 4.69) is 17.0 Å². The number of hydrogen-bond donors (Lipinski definition) is 0. The van der Waals surface area contributed by atoms with E-state index in [0.29, 0.717) is 13.1 Å². The molecule has 0 saturated carbocycles. The molecule has 0 unspecified atom stereocenters. The molecular formula is C20H24N2O3S. The summed E-state index contributed by atoms with van der Waals surface area (Å²) in [4.78, 5) is 17.1. The average molecular weight is 372 g/mol. The number of nitrogens with zero attached hydrogens (tertiary/aromatic N) is 2. The van der Waals surface area contributed by atoms with Crippen molar-refractivity contribution in [3.63, 3.8) is 0 Å². The summed E-state index contributed by atoms with van der Waals surface area (Å²) in [5, 5.41) is 0. The fraction of sp³-hybridized carbons (Fsp3) is 0.350. The van der Waals surface area contributed by atoms with E-state index in [9.17, 15) is 13.2 Å². The maximum atomic E-state index is 12.9. The van der Waals surface area contributed by atoms with Crippen LogP contribution in [0.2, 0.25) is 0 Å². The number of sulfone groups is 1. The maximum Gasteiger partial charge on any atom is 0.255 e. The Bertz CT molecular complexity index is 866. The van der Waals surface area contributed by atoms with Gasteiger partial charge in [-0.2, -0.15) is 0 Å². The Labute approximate surface area is 155 Å². The molecule has 138 valence electrons. The number of rotatable bonds is 4. The van der Waals surface area contributed by atoms with E-state index in [1.807, 2.05) is 18.2 Å². The minimum Gasteiger partial charge on any atom is -0.337 e. The third kappa shape index (κ3) is 4.51. The molecule has 5 nitrogen and oxygen atoms in total. The van der Waals surface area contributed by atoms with Crippen LogP contribution in [0, 0.1) is 0 Å². The first kappa shape index (κ1) is 18.6. The van der Waals surface area contributed by atoms with Gasteiger partial charge in [-0.3, -0.25) is 9.69 Å². The van der Waals surface area contributed by atoms with Gasteiger partial charge < -0.3 is 4.90 Å². The van der Waals surface area contributed by atoms with Gasteiger partial charge in [0.2, 0.25) is 0 Å². The summed E-state index contributed by atoms with van der Waals surface area (Å²) in [5.41, 5.74) is 1.53. The van der Waals surface area contributed by atoms with Crippen molar-refractivity contribution in [3.8, 4) is 0 Å². The monoisotopic (exact) mass is 372 g/mol. The number of benzene rings is 2. The smallest absolute Gasteiger partial charge is 0.255 e. The van der Waals surface area contributed by atoms with Gasteiger partial charge in [-0.15, -0.1) is 0 Å². The summed E-state index contributed by atoms with van der Waals surface area (Å²) >= 11 is 0. The van der Waals surface area contributed by atoms with Crippen molar-refractivity contribution in [1.29, 1.82) is 0 Å². The second-order valence-corrected chi connectivity index (χ2v) is 8.66. The van der Waals surface area contributed by atoms with E-state index in [1.165, 1.54) is 11.6 Å². The van der Waals surface area contributed by atoms with E-state index < -0.39 is 9.84 Å². The summed E-state index contributed by atoms with van der Waals surface area (Å²) in [6.07, 6.45) is 2.02. The van der Waals surface area contributed by atoms with Crippen LogP contribution in [-0.2, 0) is 16.4 Å². The lowest BCUT2D eigenvalue weighted by Crippen LogP contribution is -2.35. The van der Waals surface area contributed by atoms with Crippen LogP contribution in [0.4, 0.5) is 0 Å². The van der Waals surface area contributed by atoms with Crippen LogP contribution < -0.4 is 0 Å². The zero-order valence-corrected chi connectivity index (χ0v) is 15.8. The minimum atomic E-state index is -3.44. The van der Waals surface area contributed by atoms with Crippen LogP contribution in [0.1, 0.15) is 22.3 Å². The van der Waals surface area contributed by atoms with Gasteiger partial charge in [-0.25, -0.2) is 8.42 Å². The topological polar surface area (TPSA) is 57.7 Å². The standard InChI is InChI=1S/C20H24N2O3S/c1-26(24,25)19-11-6-5-10-18(19)20(23)22-13-7-12-21(14-15-22)16-17-8-3-2-4-9-17/h2-6,8-11H,7,12-16H2,1H3. The molecule has 1 amide bonds. The van der Waals surface area contributed by atoms with Crippen LogP contribution in [0.3, 0.4) is 0 Å². The van der Waals surface area contributed by atoms with E-state index in [0.717, 1.165) is 32.3 Å². The summed E-state index contributed by atoms with van der Waals surface area (Å²) < 4.78 is 24.0. The predicted octanol–water partition coefficient (Wildman–Crippen LogP) is 2.44. The van der Waals surface area contributed by atoms with Crippen LogP contribution in [0.25, 0.3) is 0 Å². The molecular weight excluding hydrogens is 348 g/mol. The van der Waals surface area contributed by atoms with Crippen LogP contribution >= 0.6 is 0 Å².